The molecule has 6 heteroatoms. The molecule has 0 radical (unpaired) electrons. The fourth-order valence-corrected chi connectivity index (χ4v) is 2.70. The molecule has 0 saturated heterocycles. The van der Waals surface area contributed by atoms with Gasteiger partial charge in [-0.15, -0.1) is 0 Å². The maximum absolute atomic E-state index is 12.3. The van der Waals surface area contributed by atoms with Gasteiger partial charge in [-0.3, -0.25) is 4.90 Å². The molecule has 114 valence electrons. The molecule has 0 bridgehead atoms. The molecule has 5 nitrogen and oxygen atoms in total. The van der Waals surface area contributed by atoms with Gasteiger partial charge in [0, 0.05) is 24.0 Å². The van der Waals surface area contributed by atoms with Gasteiger partial charge in [-0.25, -0.2) is 9.59 Å². The SMILES string of the molecule is CSC(C)CNC(=O)N1CCCc2c(C(=O)O)cccc21. The summed E-state index contributed by atoms with van der Waals surface area (Å²) in [7, 11) is 0. The zero-order valence-corrected chi connectivity index (χ0v) is 13.1. The number of aromatic carboxylic acids is 1. The Labute approximate surface area is 128 Å². The highest BCUT2D eigenvalue weighted by molar-refractivity contribution is 7.99. The molecule has 0 spiro atoms. The summed E-state index contributed by atoms with van der Waals surface area (Å²) < 4.78 is 0. The summed E-state index contributed by atoms with van der Waals surface area (Å²) in [5.74, 6) is -0.940. The van der Waals surface area contributed by atoms with E-state index in [0.29, 0.717) is 30.3 Å². The molecule has 0 saturated carbocycles. The highest BCUT2D eigenvalue weighted by Gasteiger charge is 2.25. The second-order valence-electron chi connectivity index (χ2n) is 5.10. The van der Waals surface area contributed by atoms with E-state index in [1.165, 1.54) is 0 Å². The highest BCUT2D eigenvalue weighted by atomic mass is 32.2. The van der Waals surface area contributed by atoms with Gasteiger partial charge in [0.15, 0.2) is 0 Å². The average molecular weight is 308 g/mol. The third kappa shape index (κ3) is 3.50. The molecule has 1 aromatic carbocycles. The molecule has 1 aromatic rings. The number of fused-ring (bicyclic) bond motifs is 1. The standard InChI is InChI=1S/C15H20N2O3S/c1-10(21-2)9-16-15(20)17-8-4-6-11-12(14(18)19)5-3-7-13(11)17/h3,5,7,10H,4,6,8-9H2,1-2H3,(H,16,20)(H,18,19). The molecule has 1 aliphatic rings. The molecule has 2 amide bonds. The number of carboxylic acids is 1. The number of thioether (sulfide) groups is 1. The lowest BCUT2D eigenvalue weighted by molar-refractivity contribution is 0.0695. The molecule has 1 heterocycles. The topological polar surface area (TPSA) is 69.6 Å². The Bertz CT molecular complexity index is 548. The number of hydrogen-bond acceptors (Lipinski definition) is 3. The molecule has 0 fully saturated rings. The van der Waals surface area contributed by atoms with E-state index in [-0.39, 0.29) is 6.03 Å². The number of carboxylic acid groups (broad SMARTS) is 1. The number of carbonyl (C=O) groups is 2. The van der Waals surface area contributed by atoms with Gasteiger partial charge in [-0.2, -0.15) is 11.8 Å². The Morgan fingerprint density at radius 1 is 1.48 bits per heavy atom. The lowest BCUT2D eigenvalue weighted by Crippen LogP contribution is -2.44. The van der Waals surface area contributed by atoms with E-state index in [1.807, 2.05) is 12.3 Å². The molecule has 0 aromatic heterocycles. The van der Waals surface area contributed by atoms with E-state index in [2.05, 4.69) is 12.2 Å². The average Bonchev–Trinajstić information content (AvgIpc) is 2.50. The van der Waals surface area contributed by atoms with E-state index < -0.39 is 5.97 Å². The third-order valence-electron chi connectivity index (χ3n) is 3.67. The monoisotopic (exact) mass is 308 g/mol. The summed E-state index contributed by atoms with van der Waals surface area (Å²) in [6.45, 7) is 3.28. The summed E-state index contributed by atoms with van der Waals surface area (Å²) >= 11 is 1.69. The van der Waals surface area contributed by atoms with Gasteiger partial charge in [-0.1, -0.05) is 13.0 Å². The Morgan fingerprint density at radius 2 is 2.24 bits per heavy atom. The zero-order chi connectivity index (χ0) is 15.4. The van der Waals surface area contributed by atoms with Gasteiger partial charge in [0.1, 0.15) is 0 Å². The van der Waals surface area contributed by atoms with Crippen molar-refractivity contribution in [1.82, 2.24) is 5.32 Å². The quantitative estimate of drug-likeness (QED) is 0.897. The first-order valence-corrected chi connectivity index (χ1v) is 8.26. The second-order valence-corrected chi connectivity index (χ2v) is 6.37. The Kier molecular flexibility index (Phi) is 5.12. The van der Waals surface area contributed by atoms with Gasteiger partial charge >= 0.3 is 12.0 Å². The zero-order valence-electron chi connectivity index (χ0n) is 12.3. The minimum absolute atomic E-state index is 0.153. The molecule has 21 heavy (non-hydrogen) atoms. The Hall–Kier alpha value is -1.69. The van der Waals surface area contributed by atoms with Crippen molar-refractivity contribution in [3.05, 3.63) is 29.3 Å². The fraction of sp³-hybridized carbons (Fsp3) is 0.467. The summed E-state index contributed by atoms with van der Waals surface area (Å²) in [6, 6.07) is 4.95. The van der Waals surface area contributed by atoms with E-state index >= 15 is 0 Å². The van der Waals surface area contributed by atoms with E-state index in [9.17, 15) is 14.7 Å². The van der Waals surface area contributed by atoms with E-state index in [0.717, 1.165) is 17.7 Å². The molecular formula is C15H20N2O3S. The third-order valence-corrected chi connectivity index (χ3v) is 4.64. The van der Waals surface area contributed by atoms with Crippen LogP contribution in [0.1, 0.15) is 29.3 Å². The molecule has 1 atom stereocenters. The van der Waals surface area contributed by atoms with Gasteiger partial charge in [-0.05, 0) is 36.8 Å². The van der Waals surface area contributed by atoms with Crippen LogP contribution in [-0.2, 0) is 6.42 Å². The number of carbonyl (C=O) groups excluding carboxylic acids is 1. The molecule has 0 aliphatic carbocycles. The Balaban J connectivity index is 2.20. The van der Waals surface area contributed by atoms with Crippen LogP contribution in [0.4, 0.5) is 10.5 Å². The molecule has 1 unspecified atom stereocenters. The first-order chi connectivity index (χ1) is 10.0. The number of hydrogen-bond donors (Lipinski definition) is 2. The van der Waals surface area contributed by atoms with Crippen LogP contribution >= 0.6 is 11.8 Å². The predicted molar refractivity (Wildman–Crippen MR) is 85.4 cm³/mol. The van der Waals surface area contributed by atoms with Crippen molar-refractivity contribution in [3.8, 4) is 0 Å². The number of nitrogens with zero attached hydrogens (tertiary/aromatic N) is 1. The first-order valence-electron chi connectivity index (χ1n) is 6.98. The van der Waals surface area contributed by atoms with Crippen LogP contribution in [0.5, 0.6) is 0 Å². The van der Waals surface area contributed by atoms with Crippen molar-refractivity contribution < 1.29 is 14.7 Å². The van der Waals surface area contributed by atoms with Crippen molar-refractivity contribution in [3.63, 3.8) is 0 Å². The van der Waals surface area contributed by atoms with Crippen LogP contribution in [-0.4, -0.2) is 41.7 Å². The summed E-state index contributed by atoms with van der Waals surface area (Å²) in [6.07, 6.45) is 3.48. The van der Waals surface area contributed by atoms with Gasteiger partial charge in [0.25, 0.3) is 0 Å². The predicted octanol–water partition coefficient (Wildman–Crippen LogP) is 2.60. The number of benzene rings is 1. The van der Waals surface area contributed by atoms with Crippen LogP contribution in [0.15, 0.2) is 18.2 Å². The van der Waals surface area contributed by atoms with Crippen LogP contribution < -0.4 is 10.2 Å². The highest BCUT2D eigenvalue weighted by Crippen LogP contribution is 2.30. The van der Waals surface area contributed by atoms with Crippen LogP contribution in [0, 0.1) is 0 Å². The van der Waals surface area contributed by atoms with Crippen molar-refractivity contribution in [2.24, 2.45) is 0 Å². The van der Waals surface area contributed by atoms with Crippen molar-refractivity contribution in [1.29, 1.82) is 0 Å². The lowest BCUT2D eigenvalue weighted by atomic mass is 9.96. The fourth-order valence-electron chi connectivity index (χ4n) is 2.45. The number of anilines is 1. The Morgan fingerprint density at radius 3 is 2.90 bits per heavy atom. The number of nitrogens with one attached hydrogen (secondary N) is 1. The molecule has 2 rings (SSSR count). The van der Waals surface area contributed by atoms with E-state index in [1.54, 1.807) is 28.8 Å². The van der Waals surface area contributed by atoms with Gasteiger partial charge in [0.2, 0.25) is 0 Å². The van der Waals surface area contributed by atoms with Crippen LogP contribution in [0.25, 0.3) is 0 Å². The minimum atomic E-state index is -0.940. The molecule has 2 N–H and O–H groups in total. The molecule has 1 aliphatic heterocycles. The van der Waals surface area contributed by atoms with Crippen molar-refractivity contribution in [2.75, 3.05) is 24.2 Å². The summed E-state index contributed by atoms with van der Waals surface area (Å²) in [4.78, 5) is 25.3. The summed E-state index contributed by atoms with van der Waals surface area (Å²) in [5, 5.41) is 12.5. The van der Waals surface area contributed by atoms with Crippen LogP contribution in [0.2, 0.25) is 0 Å². The smallest absolute Gasteiger partial charge is 0.336 e. The number of urea groups is 1. The lowest BCUT2D eigenvalue weighted by Gasteiger charge is -2.30. The van der Waals surface area contributed by atoms with Crippen LogP contribution in [0.3, 0.4) is 0 Å². The van der Waals surface area contributed by atoms with Gasteiger partial charge in [0.05, 0.1) is 5.56 Å². The normalized spacial score (nSPS) is 15.2. The molecular weight excluding hydrogens is 288 g/mol. The second kappa shape index (κ2) is 6.85. The number of amides is 2. The largest absolute Gasteiger partial charge is 0.478 e. The van der Waals surface area contributed by atoms with Gasteiger partial charge < -0.3 is 10.4 Å². The maximum Gasteiger partial charge on any atom is 0.336 e. The maximum atomic E-state index is 12.3. The summed E-state index contributed by atoms with van der Waals surface area (Å²) in [5.41, 5.74) is 1.77. The van der Waals surface area contributed by atoms with Crippen molar-refractivity contribution >= 4 is 29.4 Å². The minimum Gasteiger partial charge on any atom is -0.478 e. The van der Waals surface area contributed by atoms with Crippen molar-refractivity contribution in [2.45, 2.75) is 25.0 Å². The number of rotatable bonds is 4. The first kappa shape index (κ1) is 15.7. The van der Waals surface area contributed by atoms with E-state index in [4.69, 9.17) is 0 Å².